The number of halogens is 1. The monoisotopic (exact) mass is 398 g/mol. The van der Waals surface area contributed by atoms with E-state index in [1.807, 2.05) is 5.32 Å². The smallest absolute Gasteiger partial charge is 0.331 e. The molecule has 0 aliphatic carbocycles. The van der Waals surface area contributed by atoms with Gasteiger partial charge in [0.15, 0.2) is 6.10 Å². The van der Waals surface area contributed by atoms with E-state index in [1.54, 1.807) is 32.0 Å². The van der Waals surface area contributed by atoms with Gasteiger partial charge in [0.2, 0.25) is 0 Å². The van der Waals surface area contributed by atoms with E-state index in [1.165, 1.54) is 19.3 Å². The van der Waals surface area contributed by atoms with E-state index >= 15 is 0 Å². The van der Waals surface area contributed by atoms with Gasteiger partial charge in [-0.25, -0.2) is 9.59 Å². The first-order chi connectivity index (χ1) is 11.2. The van der Waals surface area contributed by atoms with Crippen molar-refractivity contribution in [2.45, 2.75) is 20.0 Å². The SMILES string of the molecule is COc1ccc(Br)cc1/C=C/C(=O)O[C@@H](C(=O)NC(N)=O)C(C)C. The highest BCUT2D eigenvalue weighted by atomic mass is 79.9. The minimum Gasteiger partial charge on any atom is -0.496 e. The van der Waals surface area contributed by atoms with Crippen LogP contribution in [0.5, 0.6) is 5.75 Å². The average molecular weight is 399 g/mol. The summed E-state index contributed by atoms with van der Waals surface area (Å²) in [5.74, 6) is -1.24. The van der Waals surface area contributed by atoms with Crippen LogP contribution in [0.3, 0.4) is 0 Å². The molecule has 0 fully saturated rings. The van der Waals surface area contributed by atoms with Gasteiger partial charge in [0.05, 0.1) is 7.11 Å². The molecule has 1 rings (SSSR count). The van der Waals surface area contributed by atoms with Crippen LogP contribution in [0.2, 0.25) is 0 Å². The molecule has 0 saturated heterocycles. The number of carbonyl (C=O) groups excluding carboxylic acids is 3. The highest BCUT2D eigenvalue weighted by Crippen LogP contribution is 2.24. The standard InChI is InChI=1S/C16H19BrN2O5/c1-9(2)14(15(21)19-16(18)22)24-13(20)7-4-10-8-11(17)5-6-12(10)23-3/h4-9,14H,1-3H3,(H3,18,19,21,22)/b7-4+/t14-/m1/s1. The molecule has 0 saturated carbocycles. The lowest BCUT2D eigenvalue weighted by Crippen LogP contribution is -2.45. The molecule has 0 unspecified atom stereocenters. The lowest BCUT2D eigenvalue weighted by atomic mass is 10.1. The fraction of sp³-hybridized carbons (Fsp3) is 0.312. The summed E-state index contributed by atoms with van der Waals surface area (Å²) in [7, 11) is 1.52. The fourth-order valence-corrected chi connectivity index (χ4v) is 2.22. The number of methoxy groups -OCH3 is 1. The van der Waals surface area contributed by atoms with Crippen molar-refractivity contribution in [3.63, 3.8) is 0 Å². The summed E-state index contributed by atoms with van der Waals surface area (Å²) in [4.78, 5) is 34.5. The summed E-state index contributed by atoms with van der Waals surface area (Å²) >= 11 is 3.33. The van der Waals surface area contributed by atoms with Crippen molar-refractivity contribution in [3.05, 3.63) is 34.3 Å². The van der Waals surface area contributed by atoms with Crippen LogP contribution in [-0.2, 0) is 14.3 Å². The predicted octanol–water partition coefficient (Wildman–Crippen LogP) is 2.23. The van der Waals surface area contributed by atoms with Crippen LogP contribution in [0, 0.1) is 5.92 Å². The summed E-state index contributed by atoms with van der Waals surface area (Å²) < 4.78 is 11.1. The number of urea groups is 1. The van der Waals surface area contributed by atoms with Crippen LogP contribution < -0.4 is 15.8 Å². The zero-order valence-corrected chi connectivity index (χ0v) is 15.1. The molecule has 0 bridgehead atoms. The molecule has 0 spiro atoms. The minimum absolute atomic E-state index is 0.331. The third-order valence-electron chi connectivity index (χ3n) is 2.94. The van der Waals surface area contributed by atoms with Crippen LogP contribution >= 0.6 is 15.9 Å². The average Bonchev–Trinajstić information content (AvgIpc) is 2.49. The number of benzene rings is 1. The highest BCUT2D eigenvalue weighted by molar-refractivity contribution is 9.10. The maximum absolute atomic E-state index is 11.9. The van der Waals surface area contributed by atoms with Crippen molar-refractivity contribution in [3.8, 4) is 5.75 Å². The Hall–Kier alpha value is -2.35. The maximum Gasteiger partial charge on any atom is 0.331 e. The van der Waals surface area contributed by atoms with Gasteiger partial charge in [0, 0.05) is 16.1 Å². The van der Waals surface area contributed by atoms with Crippen LogP contribution in [-0.4, -0.2) is 31.1 Å². The zero-order chi connectivity index (χ0) is 18.3. The Morgan fingerprint density at radius 3 is 2.50 bits per heavy atom. The Kier molecular flexibility index (Phi) is 7.44. The number of esters is 1. The number of hydrogen-bond donors (Lipinski definition) is 2. The molecule has 3 amide bonds. The van der Waals surface area contributed by atoms with Crippen LogP contribution in [0.25, 0.3) is 6.08 Å². The number of ether oxygens (including phenoxy) is 2. The fourth-order valence-electron chi connectivity index (χ4n) is 1.84. The van der Waals surface area contributed by atoms with Crippen LogP contribution in [0.4, 0.5) is 4.79 Å². The van der Waals surface area contributed by atoms with E-state index in [-0.39, 0.29) is 5.92 Å². The second-order valence-corrected chi connectivity index (χ2v) is 6.09. The molecule has 8 heteroatoms. The van der Waals surface area contributed by atoms with Gasteiger partial charge in [0.1, 0.15) is 5.75 Å². The Morgan fingerprint density at radius 2 is 1.96 bits per heavy atom. The first kappa shape index (κ1) is 19.7. The van der Waals surface area contributed by atoms with Gasteiger partial charge in [-0.15, -0.1) is 0 Å². The topological polar surface area (TPSA) is 108 Å². The van der Waals surface area contributed by atoms with Crippen LogP contribution in [0.1, 0.15) is 19.4 Å². The Morgan fingerprint density at radius 1 is 1.29 bits per heavy atom. The number of hydrogen-bond acceptors (Lipinski definition) is 5. The molecule has 0 radical (unpaired) electrons. The molecule has 1 atom stereocenters. The van der Waals surface area contributed by atoms with Gasteiger partial charge in [-0.05, 0) is 30.2 Å². The lowest BCUT2D eigenvalue weighted by molar-refractivity contribution is -0.153. The van der Waals surface area contributed by atoms with E-state index in [9.17, 15) is 14.4 Å². The molecule has 0 heterocycles. The Balaban J connectivity index is 2.84. The lowest BCUT2D eigenvalue weighted by Gasteiger charge is -2.18. The molecular formula is C16H19BrN2O5. The third-order valence-corrected chi connectivity index (χ3v) is 3.44. The number of imide groups is 1. The number of nitrogens with one attached hydrogen (secondary N) is 1. The molecular weight excluding hydrogens is 380 g/mol. The molecule has 7 nitrogen and oxygen atoms in total. The van der Waals surface area contributed by atoms with Gasteiger partial charge in [-0.3, -0.25) is 10.1 Å². The number of nitrogens with two attached hydrogens (primary N) is 1. The highest BCUT2D eigenvalue weighted by Gasteiger charge is 2.26. The second-order valence-electron chi connectivity index (χ2n) is 5.17. The molecule has 0 aliphatic rings. The van der Waals surface area contributed by atoms with Crippen molar-refractivity contribution >= 4 is 39.9 Å². The molecule has 0 aliphatic heterocycles. The summed E-state index contributed by atoms with van der Waals surface area (Å²) in [6.45, 7) is 3.36. The van der Waals surface area contributed by atoms with E-state index in [0.29, 0.717) is 11.3 Å². The van der Waals surface area contributed by atoms with E-state index in [4.69, 9.17) is 15.2 Å². The van der Waals surface area contributed by atoms with Crippen LogP contribution in [0.15, 0.2) is 28.7 Å². The zero-order valence-electron chi connectivity index (χ0n) is 13.5. The van der Waals surface area contributed by atoms with Crippen molar-refractivity contribution in [1.29, 1.82) is 0 Å². The van der Waals surface area contributed by atoms with Crippen molar-refractivity contribution in [2.75, 3.05) is 7.11 Å². The third kappa shape index (κ3) is 6.04. The number of primary amides is 1. The first-order valence-corrected chi connectivity index (χ1v) is 7.86. The van der Waals surface area contributed by atoms with E-state index < -0.39 is 24.0 Å². The largest absolute Gasteiger partial charge is 0.496 e. The molecule has 3 N–H and O–H groups in total. The summed E-state index contributed by atoms with van der Waals surface area (Å²) in [5, 5.41) is 1.90. The first-order valence-electron chi connectivity index (χ1n) is 7.07. The Bertz CT molecular complexity index is 658. The van der Waals surface area contributed by atoms with Crippen molar-refractivity contribution in [2.24, 2.45) is 11.7 Å². The molecule has 24 heavy (non-hydrogen) atoms. The van der Waals surface area contributed by atoms with Gasteiger partial charge < -0.3 is 15.2 Å². The summed E-state index contributed by atoms with van der Waals surface area (Å²) in [5.41, 5.74) is 5.56. The summed E-state index contributed by atoms with van der Waals surface area (Å²) in [6, 6.07) is 4.31. The van der Waals surface area contributed by atoms with Gasteiger partial charge in [-0.1, -0.05) is 29.8 Å². The maximum atomic E-state index is 11.9. The predicted molar refractivity (Wildman–Crippen MR) is 92.2 cm³/mol. The summed E-state index contributed by atoms with van der Waals surface area (Å²) in [6.07, 6.45) is 1.56. The van der Waals surface area contributed by atoms with E-state index in [0.717, 1.165) is 4.47 Å². The van der Waals surface area contributed by atoms with Gasteiger partial charge in [0.25, 0.3) is 5.91 Å². The Labute approximate surface area is 148 Å². The quantitative estimate of drug-likeness (QED) is 0.564. The molecule has 1 aromatic carbocycles. The normalized spacial score (nSPS) is 12.0. The van der Waals surface area contributed by atoms with E-state index in [2.05, 4.69) is 15.9 Å². The molecule has 130 valence electrons. The minimum atomic E-state index is -1.13. The second kappa shape index (κ2) is 9.07. The number of rotatable bonds is 6. The van der Waals surface area contributed by atoms with Gasteiger partial charge >= 0.3 is 12.0 Å². The molecule has 0 aromatic heterocycles. The van der Waals surface area contributed by atoms with Gasteiger partial charge in [-0.2, -0.15) is 0 Å². The number of amides is 3. The molecule has 1 aromatic rings. The van der Waals surface area contributed by atoms with Crippen molar-refractivity contribution < 1.29 is 23.9 Å². The number of carbonyl (C=O) groups is 3. The van der Waals surface area contributed by atoms with Crippen molar-refractivity contribution in [1.82, 2.24) is 5.32 Å².